The number of aromatic nitrogens is 1. The van der Waals surface area contributed by atoms with E-state index in [0.29, 0.717) is 11.4 Å². The van der Waals surface area contributed by atoms with Crippen LogP contribution in [0.3, 0.4) is 0 Å². The molecule has 0 radical (unpaired) electrons. The number of nitrogens with one attached hydrogen (secondary N) is 3. The molecular weight excluding hydrogens is 394 g/mol. The molecule has 0 saturated heterocycles. The topological polar surface area (TPSA) is 117 Å². The van der Waals surface area contributed by atoms with Gasteiger partial charge in [0.2, 0.25) is 5.76 Å². The van der Waals surface area contributed by atoms with Crippen molar-refractivity contribution in [3.05, 3.63) is 54.1 Å². The smallest absolute Gasteiger partial charge is 0.290 e. The third-order valence-electron chi connectivity index (χ3n) is 5.33. The number of nitrogens with zero attached hydrogens (tertiary/aromatic N) is 2. The quantitative estimate of drug-likeness (QED) is 0.642. The van der Waals surface area contributed by atoms with Gasteiger partial charge in [0.25, 0.3) is 5.91 Å². The van der Waals surface area contributed by atoms with Gasteiger partial charge in [0.15, 0.2) is 9.84 Å². The molecule has 1 unspecified atom stereocenters. The molecule has 1 aromatic carbocycles. The number of benzene rings is 1. The number of hydrogen-bond acceptors (Lipinski definition) is 8. The van der Waals surface area contributed by atoms with E-state index in [2.05, 4.69) is 21.4 Å². The van der Waals surface area contributed by atoms with E-state index in [1.807, 2.05) is 35.3 Å². The highest BCUT2D eigenvalue weighted by molar-refractivity contribution is 7.91. The first-order chi connectivity index (χ1) is 13.8. The van der Waals surface area contributed by atoms with E-state index in [9.17, 15) is 13.2 Å². The molecule has 2 aromatic rings. The van der Waals surface area contributed by atoms with Gasteiger partial charge in [-0.3, -0.25) is 9.80 Å². The van der Waals surface area contributed by atoms with Gasteiger partial charge in [0.1, 0.15) is 10.9 Å². The molecule has 29 heavy (non-hydrogen) atoms. The van der Waals surface area contributed by atoms with Crippen molar-refractivity contribution >= 4 is 15.7 Å². The third-order valence-corrected chi connectivity index (χ3v) is 6.87. The highest BCUT2D eigenvalue weighted by Crippen LogP contribution is 2.28. The van der Waals surface area contributed by atoms with E-state index in [1.165, 1.54) is 6.26 Å². The van der Waals surface area contributed by atoms with Crippen molar-refractivity contribution in [1.82, 2.24) is 26.4 Å². The largest absolute Gasteiger partial charge is 0.350 e. The van der Waals surface area contributed by atoms with Crippen molar-refractivity contribution in [3.63, 3.8) is 0 Å². The molecule has 1 aliphatic heterocycles. The van der Waals surface area contributed by atoms with Gasteiger partial charge in [-0.05, 0) is 19.8 Å². The molecule has 2 aliphatic rings. The Balaban J connectivity index is 1.30. The standard InChI is InChI=1S/C19H23N5O4S/c1-12(29(2,26)27)17-11-24(23-21-17)15-8-14(9-15)20-19(25)18-10-16(22-28-18)13-6-4-3-5-7-13/h3-7,10-12,14-15,21,23H,8-9H2,1-2H3,(H,20,25). The Morgan fingerprint density at radius 2 is 2.03 bits per heavy atom. The average molecular weight is 417 g/mol. The molecule has 10 heteroatoms. The van der Waals surface area contributed by atoms with Crippen LogP contribution in [0.2, 0.25) is 0 Å². The van der Waals surface area contributed by atoms with E-state index in [4.69, 9.17) is 4.52 Å². The van der Waals surface area contributed by atoms with Gasteiger partial charge in [-0.25, -0.2) is 8.42 Å². The summed E-state index contributed by atoms with van der Waals surface area (Å²) in [4.78, 5) is 12.4. The summed E-state index contributed by atoms with van der Waals surface area (Å²) >= 11 is 0. The molecule has 1 fully saturated rings. The molecule has 0 spiro atoms. The first kappa shape index (κ1) is 19.5. The second-order valence-corrected chi connectivity index (χ2v) is 9.80. The molecule has 1 aliphatic carbocycles. The summed E-state index contributed by atoms with van der Waals surface area (Å²) in [6.07, 6.45) is 4.45. The normalized spacial score (nSPS) is 22.4. The zero-order valence-corrected chi connectivity index (χ0v) is 16.9. The van der Waals surface area contributed by atoms with Gasteiger partial charge in [-0.15, -0.1) is 5.53 Å². The Kier molecular flexibility index (Phi) is 5.05. The van der Waals surface area contributed by atoms with E-state index in [0.717, 1.165) is 18.4 Å². The van der Waals surface area contributed by atoms with Crippen molar-refractivity contribution in [2.75, 3.05) is 6.26 Å². The van der Waals surface area contributed by atoms with E-state index in [-0.39, 0.29) is 23.8 Å². The van der Waals surface area contributed by atoms with E-state index in [1.54, 1.807) is 19.2 Å². The number of amides is 1. The summed E-state index contributed by atoms with van der Waals surface area (Å²) < 4.78 is 28.6. The number of hydrogen-bond donors (Lipinski definition) is 3. The molecule has 0 bridgehead atoms. The highest BCUT2D eigenvalue weighted by Gasteiger charge is 2.37. The minimum absolute atomic E-state index is 0.0179. The van der Waals surface area contributed by atoms with Gasteiger partial charge in [-0.2, -0.15) is 0 Å². The van der Waals surface area contributed by atoms with Gasteiger partial charge in [-0.1, -0.05) is 35.5 Å². The number of hydrazine groups is 2. The first-order valence-corrected chi connectivity index (χ1v) is 11.3. The maximum atomic E-state index is 12.4. The average Bonchev–Trinajstić information content (AvgIpc) is 3.33. The molecule has 4 rings (SSSR count). The zero-order chi connectivity index (χ0) is 20.6. The van der Waals surface area contributed by atoms with Crippen LogP contribution in [-0.2, 0) is 9.84 Å². The van der Waals surface area contributed by atoms with Crippen molar-refractivity contribution in [3.8, 4) is 11.3 Å². The molecule has 3 N–H and O–H groups in total. The summed E-state index contributed by atoms with van der Waals surface area (Å²) in [5.41, 5.74) is 7.99. The fraction of sp³-hybridized carbons (Fsp3) is 0.368. The van der Waals surface area contributed by atoms with E-state index >= 15 is 0 Å². The second-order valence-electron chi connectivity index (χ2n) is 7.44. The second kappa shape index (κ2) is 7.53. The molecular formula is C19H23N5O4S. The minimum atomic E-state index is -3.17. The maximum absolute atomic E-state index is 12.4. The van der Waals surface area contributed by atoms with Gasteiger partial charge in [0.05, 0.1) is 11.7 Å². The fourth-order valence-electron chi connectivity index (χ4n) is 3.29. The molecule has 1 amide bonds. The number of rotatable bonds is 6. The summed E-state index contributed by atoms with van der Waals surface area (Å²) in [6.45, 7) is 1.64. The molecule has 154 valence electrons. The Hall–Kier alpha value is -2.85. The van der Waals surface area contributed by atoms with Crippen LogP contribution in [0.15, 0.2) is 52.8 Å². The van der Waals surface area contributed by atoms with Crippen LogP contribution in [0.5, 0.6) is 0 Å². The van der Waals surface area contributed by atoms with Crippen LogP contribution < -0.4 is 16.3 Å². The van der Waals surface area contributed by atoms with Gasteiger partial charge in [0, 0.05) is 30.1 Å². The molecule has 1 atom stereocenters. The van der Waals surface area contributed by atoms with Gasteiger partial charge < -0.3 is 15.3 Å². The van der Waals surface area contributed by atoms with Crippen LogP contribution >= 0.6 is 0 Å². The lowest BCUT2D eigenvalue weighted by Gasteiger charge is -2.40. The van der Waals surface area contributed by atoms with Crippen molar-refractivity contribution < 1.29 is 17.7 Å². The van der Waals surface area contributed by atoms with Crippen molar-refractivity contribution in [2.24, 2.45) is 0 Å². The summed E-state index contributed by atoms with van der Waals surface area (Å²) in [5, 5.41) is 8.15. The SMILES string of the molecule is CC(C1=CN(C2CC(NC(=O)c3cc(-c4ccccc4)no3)C2)NN1)S(C)(=O)=O. The lowest BCUT2D eigenvalue weighted by molar-refractivity contribution is 0.0735. The fourth-order valence-corrected chi connectivity index (χ4v) is 3.87. The van der Waals surface area contributed by atoms with Crippen LogP contribution in [0.25, 0.3) is 11.3 Å². The maximum Gasteiger partial charge on any atom is 0.290 e. The van der Waals surface area contributed by atoms with Crippen LogP contribution in [-0.4, -0.2) is 48.1 Å². The highest BCUT2D eigenvalue weighted by atomic mass is 32.2. The van der Waals surface area contributed by atoms with Crippen molar-refractivity contribution in [1.29, 1.82) is 0 Å². The van der Waals surface area contributed by atoms with Crippen LogP contribution in [0, 0.1) is 0 Å². The Labute approximate surface area is 169 Å². The number of sulfone groups is 1. The van der Waals surface area contributed by atoms with Crippen LogP contribution in [0.4, 0.5) is 0 Å². The predicted octanol–water partition coefficient (Wildman–Crippen LogP) is 1.20. The van der Waals surface area contributed by atoms with Gasteiger partial charge >= 0.3 is 0 Å². The molecule has 1 aromatic heterocycles. The predicted molar refractivity (Wildman–Crippen MR) is 107 cm³/mol. The summed E-state index contributed by atoms with van der Waals surface area (Å²) in [5.74, 6) is -0.116. The Morgan fingerprint density at radius 1 is 1.31 bits per heavy atom. The van der Waals surface area contributed by atoms with Crippen LogP contribution in [0.1, 0.15) is 30.3 Å². The molecule has 1 saturated carbocycles. The Bertz CT molecular complexity index is 1030. The summed E-state index contributed by atoms with van der Waals surface area (Å²) in [6, 6.07) is 11.3. The Morgan fingerprint density at radius 3 is 2.72 bits per heavy atom. The number of carbonyl (C=O) groups is 1. The lowest BCUT2D eigenvalue weighted by atomic mass is 9.86. The van der Waals surface area contributed by atoms with Crippen molar-refractivity contribution in [2.45, 2.75) is 37.1 Å². The molecule has 9 nitrogen and oxygen atoms in total. The van der Waals surface area contributed by atoms with E-state index < -0.39 is 15.1 Å². The lowest BCUT2D eigenvalue weighted by Crippen LogP contribution is -2.56. The number of carbonyl (C=O) groups excluding carboxylic acids is 1. The zero-order valence-electron chi connectivity index (χ0n) is 16.1. The monoisotopic (exact) mass is 417 g/mol. The summed E-state index contributed by atoms with van der Waals surface area (Å²) in [7, 11) is -3.17. The molecule has 2 heterocycles. The third kappa shape index (κ3) is 4.13. The first-order valence-electron chi connectivity index (χ1n) is 9.35. The minimum Gasteiger partial charge on any atom is -0.350 e.